The summed E-state index contributed by atoms with van der Waals surface area (Å²) >= 11 is 0. The molecule has 0 radical (unpaired) electrons. The number of benzene rings is 3. The number of nitrogens with two attached hydrogens (primary N) is 1. The number of hydrogen-bond donors (Lipinski definition) is 2. The van der Waals surface area contributed by atoms with Crippen LogP contribution in [0, 0.1) is 11.6 Å². The van der Waals surface area contributed by atoms with E-state index in [1.165, 1.54) is 12.1 Å². The zero-order chi connectivity index (χ0) is 33.1. The van der Waals surface area contributed by atoms with Crippen molar-refractivity contribution in [3.63, 3.8) is 0 Å². The lowest BCUT2D eigenvalue weighted by molar-refractivity contribution is -0.120. The maximum absolute atomic E-state index is 14.5. The fourth-order valence-electron chi connectivity index (χ4n) is 4.56. The number of nitrogens with one attached hydrogen (secondary N) is 1. The first-order chi connectivity index (χ1) is 22.0. The largest absolute Gasteiger partial charge is 0.444 e. The van der Waals surface area contributed by atoms with Gasteiger partial charge in [-0.3, -0.25) is 14.8 Å². The van der Waals surface area contributed by atoms with Crippen LogP contribution < -0.4 is 11.1 Å². The standard InChI is InChI=1S/C26H27FN2O3.C11H9FN2/c1-26(2,3)32-25(31)29-23(15-18-7-5-4-6-8-18)24(30)17-21-16-20(9-10-22(21)27)19-11-13-28-14-12-19;12-10-2-1-9(7-11(10)13)8-3-5-14-6-4-8/h4-14,16,23H,15,17H2,1-3H3,(H,29,31);1-7H,13H2/t23-;/m0./s1. The maximum Gasteiger partial charge on any atom is 0.408 e. The monoisotopic (exact) mass is 622 g/mol. The number of ether oxygens (including phenoxy) is 1. The number of anilines is 1. The third-order valence-electron chi connectivity index (χ3n) is 6.80. The van der Waals surface area contributed by atoms with Gasteiger partial charge in [0.2, 0.25) is 0 Å². The van der Waals surface area contributed by atoms with Crippen molar-refractivity contribution >= 4 is 17.6 Å². The van der Waals surface area contributed by atoms with Crippen molar-refractivity contribution in [1.29, 1.82) is 0 Å². The maximum atomic E-state index is 14.5. The van der Waals surface area contributed by atoms with E-state index in [9.17, 15) is 18.4 Å². The summed E-state index contributed by atoms with van der Waals surface area (Å²) in [5, 5.41) is 2.67. The van der Waals surface area contributed by atoms with Crippen molar-refractivity contribution in [2.24, 2.45) is 0 Å². The highest BCUT2D eigenvalue weighted by molar-refractivity contribution is 5.89. The van der Waals surface area contributed by atoms with Crippen LogP contribution in [-0.4, -0.2) is 33.5 Å². The molecule has 236 valence electrons. The van der Waals surface area contributed by atoms with E-state index in [0.29, 0.717) is 0 Å². The van der Waals surface area contributed by atoms with Gasteiger partial charge in [0.1, 0.15) is 17.2 Å². The topological polar surface area (TPSA) is 107 Å². The first kappa shape index (κ1) is 33.5. The average molecular weight is 623 g/mol. The Kier molecular flexibility index (Phi) is 11.3. The van der Waals surface area contributed by atoms with Gasteiger partial charge in [-0.2, -0.15) is 0 Å². The quantitative estimate of drug-likeness (QED) is 0.173. The van der Waals surface area contributed by atoms with E-state index >= 15 is 0 Å². The molecule has 0 unspecified atom stereocenters. The number of nitrogens with zero attached hydrogens (tertiary/aromatic N) is 2. The number of nitrogen functional groups attached to an aromatic ring is 1. The molecule has 0 saturated heterocycles. The summed E-state index contributed by atoms with van der Waals surface area (Å²) in [5.41, 5.74) is 9.63. The van der Waals surface area contributed by atoms with E-state index in [2.05, 4.69) is 15.3 Å². The van der Waals surface area contributed by atoms with Crippen LogP contribution in [0.25, 0.3) is 22.3 Å². The summed E-state index contributed by atoms with van der Waals surface area (Å²) < 4.78 is 32.7. The fraction of sp³-hybridized carbons (Fsp3) is 0.189. The van der Waals surface area contributed by atoms with Crippen LogP contribution >= 0.6 is 0 Å². The number of alkyl carbamates (subject to hydrolysis) is 1. The molecule has 9 heteroatoms. The van der Waals surface area contributed by atoms with Crippen molar-refractivity contribution in [2.45, 2.75) is 45.3 Å². The van der Waals surface area contributed by atoms with E-state index in [1.54, 1.807) is 69.8 Å². The number of amides is 1. The first-order valence-electron chi connectivity index (χ1n) is 14.7. The lowest BCUT2D eigenvalue weighted by Gasteiger charge is -2.23. The second-order valence-electron chi connectivity index (χ2n) is 11.5. The van der Waals surface area contributed by atoms with Crippen molar-refractivity contribution in [3.05, 3.63) is 139 Å². The Labute approximate surface area is 267 Å². The molecule has 0 bridgehead atoms. The van der Waals surface area contributed by atoms with Crippen molar-refractivity contribution < 1.29 is 23.1 Å². The zero-order valence-electron chi connectivity index (χ0n) is 25.9. The molecule has 0 spiro atoms. The summed E-state index contributed by atoms with van der Waals surface area (Å²) in [6.07, 6.45) is 6.14. The number of carbonyl (C=O) groups excluding carboxylic acids is 2. The van der Waals surface area contributed by atoms with E-state index in [1.807, 2.05) is 54.6 Å². The average Bonchev–Trinajstić information content (AvgIpc) is 3.04. The molecule has 3 N–H and O–H groups in total. The van der Waals surface area contributed by atoms with Crippen molar-refractivity contribution in [3.8, 4) is 22.3 Å². The number of hydrogen-bond acceptors (Lipinski definition) is 6. The number of carbonyl (C=O) groups is 2. The van der Waals surface area contributed by atoms with E-state index in [0.717, 1.165) is 27.8 Å². The molecule has 0 aliphatic rings. The molecule has 46 heavy (non-hydrogen) atoms. The Morgan fingerprint density at radius 2 is 1.30 bits per heavy atom. The highest BCUT2D eigenvalue weighted by Crippen LogP contribution is 2.24. The summed E-state index contributed by atoms with van der Waals surface area (Å²) in [7, 11) is 0. The summed E-state index contributed by atoms with van der Waals surface area (Å²) in [6.45, 7) is 5.25. The fourth-order valence-corrected chi connectivity index (χ4v) is 4.56. The van der Waals surface area contributed by atoms with Gasteiger partial charge in [-0.15, -0.1) is 0 Å². The van der Waals surface area contributed by atoms with Gasteiger partial charge in [0, 0.05) is 31.2 Å². The number of Topliss-reactive ketones (excluding diaryl/α,β-unsaturated/α-hetero) is 1. The Morgan fingerprint density at radius 1 is 0.761 bits per heavy atom. The van der Waals surface area contributed by atoms with Gasteiger partial charge in [0.15, 0.2) is 5.78 Å². The highest BCUT2D eigenvalue weighted by atomic mass is 19.1. The molecule has 1 atom stereocenters. The smallest absolute Gasteiger partial charge is 0.408 e. The lowest BCUT2D eigenvalue weighted by Crippen LogP contribution is -2.45. The molecule has 0 aliphatic carbocycles. The van der Waals surface area contributed by atoms with Crippen LogP contribution in [0.5, 0.6) is 0 Å². The number of aromatic nitrogens is 2. The molecule has 5 rings (SSSR count). The van der Waals surface area contributed by atoms with Crippen LogP contribution in [0.3, 0.4) is 0 Å². The van der Waals surface area contributed by atoms with Gasteiger partial charge in [0.05, 0.1) is 11.7 Å². The number of halogens is 2. The van der Waals surface area contributed by atoms with Gasteiger partial charge < -0.3 is 15.8 Å². The molecule has 5 aromatic rings. The van der Waals surface area contributed by atoms with E-state index in [-0.39, 0.29) is 35.7 Å². The number of rotatable bonds is 8. The Balaban J connectivity index is 0.000000284. The van der Waals surface area contributed by atoms with Gasteiger partial charge >= 0.3 is 6.09 Å². The van der Waals surface area contributed by atoms with Crippen LogP contribution in [0.1, 0.15) is 31.9 Å². The Bertz CT molecular complexity index is 1750. The molecular weight excluding hydrogens is 586 g/mol. The SMILES string of the molecule is CC(C)(C)OC(=O)N[C@@H](Cc1ccccc1)C(=O)Cc1cc(-c2ccncc2)ccc1F.Nc1cc(-c2ccncc2)ccc1F. The molecule has 0 saturated carbocycles. The van der Waals surface area contributed by atoms with Crippen LogP contribution in [-0.2, 0) is 22.4 Å². The molecule has 2 aromatic heterocycles. The summed E-state index contributed by atoms with van der Waals surface area (Å²) in [5.74, 6) is -1.15. The highest BCUT2D eigenvalue weighted by Gasteiger charge is 2.25. The molecule has 0 aliphatic heterocycles. The predicted octanol–water partition coefficient (Wildman–Crippen LogP) is 7.61. The summed E-state index contributed by atoms with van der Waals surface area (Å²) in [6, 6.07) is 25.2. The molecule has 7 nitrogen and oxygen atoms in total. The van der Waals surface area contributed by atoms with Crippen LogP contribution in [0.4, 0.5) is 19.3 Å². The normalized spacial score (nSPS) is 11.5. The summed E-state index contributed by atoms with van der Waals surface area (Å²) in [4.78, 5) is 33.4. The Morgan fingerprint density at radius 3 is 1.85 bits per heavy atom. The van der Waals surface area contributed by atoms with Crippen LogP contribution in [0.2, 0.25) is 0 Å². The first-order valence-corrected chi connectivity index (χ1v) is 14.7. The van der Waals surface area contributed by atoms with Crippen LogP contribution in [0.15, 0.2) is 116 Å². The molecule has 1 amide bonds. The number of ketones is 1. The second kappa shape index (κ2) is 15.5. The third kappa shape index (κ3) is 10.1. The van der Waals surface area contributed by atoms with E-state index < -0.39 is 23.6 Å². The van der Waals surface area contributed by atoms with E-state index in [4.69, 9.17) is 10.5 Å². The minimum atomic E-state index is -0.851. The second-order valence-corrected chi connectivity index (χ2v) is 11.5. The van der Waals surface area contributed by atoms with Gasteiger partial charge in [0.25, 0.3) is 0 Å². The predicted molar refractivity (Wildman–Crippen MR) is 176 cm³/mol. The number of pyridine rings is 2. The van der Waals surface area contributed by atoms with Crippen molar-refractivity contribution in [2.75, 3.05) is 5.73 Å². The molecule has 3 aromatic carbocycles. The molecular formula is C37H36F2N4O3. The minimum absolute atomic E-state index is 0.155. The van der Waals surface area contributed by atoms with Gasteiger partial charge in [-0.1, -0.05) is 42.5 Å². The minimum Gasteiger partial charge on any atom is -0.444 e. The van der Waals surface area contributed by atoms with Crippen molar-refractivity contribution in [1.82, 2.24) is 15.3 Å². The van der Waals surface area contributed by atoms with Gasteiger partial charge in [-0.05, 0) is 109 Å². The zero-order valence-corrected chi connectivity index (χ0v) is 25.9. The Hall–Kier alpha value is -5.44. The molecule has 0 fully saturated rings. The lowest BCUT2D eigenvalue weighted by atomic mass is 9.95. The van der Waals surface area contributed by atoms with Gasteiger partial charge in [-0.25, -0.2) is 13.6 Å². The molecule has 2 heterocycles. The third-order valence-corrected chi connectivity index (χ3v) is 6.80.